The van der Waals surface area contributed by atoms with Crippen molar-refractivity contribution in [3.8, 4) is 0 Å². The molecule has 0 unspecified atom stereocenters. The van der Waals surface area contributed by atoms with Crippen LogP contribution in [-0.4, -0.2) is 13.6 Å². The van der Waals surface area contributed by atoms with Gasteiger partial charge in [0.15, 0.2) is 0 Å². The largest absolute Gasteiger partial charge is 0.345 e. The van der Waals surface area contributed by atoms with Gasteiger partial charge in [0.2, 0.25) is 0 Å². The van der Waals surface area contributed by atoms with Gasteiger partial charge in [0.05, 0.1) is 0 Å². The molecule has 3 heteroatoms. The van der Waals surface area contributed by atoms with Gasteiger partial charge >= 0.3 is 0 Å². The van der Waals surface area contributed by atoms with E-state index in [0.29, 0.717) is 6.54 Å². The zero-order valence-electron chi connectivity index (χ0n) is 10.4. The van der Waals surface area contributed by atoms with Crippen LogP contribution >= 0.6 is 11.6 Å². The maximum atomic E-state index is 6.26. The molecule has 2 aromatic carbocycles. The maximum absolute atomic E-state index is 6.26. The maximum Gasteiger partial charge on any atom is 0.0459 e. The average molecular weight is 261 g/mol. The molecule has 2 rings (SSSR count). The number of para-hydroxylation sites is 1. The zero-order valence-corrected chi connectivity index (χ0v) is 11.2. The van der Waals surface area contributed by atoms with Crippen molar-refractivity contribution in [2.24, 2.45) is 5.73 Å². The standard InChI is InChI=1S/C15H17ClN2/c1-18(13-5-3-2-4-6-13)14-8-7-12(9-10-17)15(16)11-14/h2-8,11H,9-10,17H2,1H3. The summed E-state index contributed by atoms with van der Waals surface area (Å²) in [5.41, 5.74) is 8.87. The van der Waals surface area contributed by atoms with E-state index in [1.165, 1.54) is 0 Å². The Morgan fingerprint density at radius 1 is 1.06 bits per heavy atom. The molecule has 0 spiro atoms. The van der Waals surface area contributed by atoms with E-state index in [1.807, 2.05) is 37.4 Å². The second-order valence-corrected chi connectivity index (χ2v) is 4.62. The van der Waals surface area contributed by atoms with Crippen molar-refractivity contribution in [3.63, 3.8) is 0 Å². The molecule has 18 heavy (non-hydrogen) atoms. The van der Waals surface area contributed by atoms with Crippen LogP contribution in [0.3, 0.4) is 0 Å². The molecule has 2 N–H and O–H groups in total. The fourth-order valence-electron chi connectivity index (χ4n) is 1.90. The fourth-order valence-corrected chi connectivity index (χ4v) is 2.17. The van der Waals surface area contributed by atoms with Crippen LogP contribution in [0.1, 0.15) is 5.56 Å². The molecule has 0 amide bonds. The number of halogens is 1. The number of anilines is 2. The highest BCUT2D eigenvalue weighted by Gasteiger charge is 2.06. The molecule has 0 aliphatic heterocycles. The van der Waals surface area contributed by atoms with Gasteiger partial charge in [-0.3, -0.25) is 0 Å². The van der Waals surface area contributed by atoms with Gasteiger partial charge in [-0.15, -0.1) is 0 Å². The van der Waals surface area contributed by atoms with Crippen molar-refractivity contribution in [3.05, 3.63) is 59.1 Å². The third-order valence-corrected chi connectivity index (χ3v) is 3.33. The molecule has 0 atom stereocenters. The van der Waals surface area contributed by atoms with Gasteiger partial charge in [0, 0.05) is 23.4 Å². The average Bonchev–Trinajstić information content (AvgIpc) is 2.41. The molecule has 0 fully saturated rings. The van der Waals surface area contributed by atoms with Crippen molar-refractivity contribution in [1.29, 1.82) is 0 Å². The number of rotatable bonds is 4. The summed E-state index contributed by atoms with van der Waals surface area (Å²) < 4.78 is 0. The number of nitrogens with zero attached hydrogens (tertiary/aromatic N) is 1. The second kappa shape index (κ2) is 5.89. The first kappa shape index (κ1) is 12.9. The van der Waals surface area contributed by atoms with Crippen molar-refractivity contribution in [2.45, 2.75) is 6.42 Å². The summed E-state index contributed by atoms with van der Waals surface area (Å²) in [5.74, 6) is 0. The van der Waals surface area contributed by atoms with Gasteiger partial charge in [-0.25, -0.2) is 0 Å². The number of nitrogens with two attached hydrogens (primary N) is 1. The lowest BCUT2D eigenvalue weighted by Gasteiger charge is -2.20. The van der Waals surface area contributed by atoms with Gasteiger partial charge in [-0.1, -0.05) is 35.9 Å². The van der Waals surface area contributed by atoms with Crippen LogP contribution in [0.25, 0.3) is 0 Å². The van der Waals surface area contributed by atoms with E-state index in [9.17, 15) is 0 Å². The topological polar surface area (TPSA) is 29.3 Å². The molecule has 0 bridgehead atoms. The SMILES string of the molecule is CN(c1ccccc1)c1ccc(CCN)c(Cl)c1. The monoisotopic (exact) mass is 260 g/mol. The van der Waals surface area contributed by atoms with Gasteiger partial charge in [0.1, 0.15) is 0 Å². The summed E-state index contributed by atoms with van der Waals surface area (Å²) in [6.07, 6.45) is 0.814. The molecule has 2 aromatic rings. The van der Waals surface area contributed by atoms with E-state index >= 15 is 0 Å². The summed E-state index contributed by atoms with van der Waals surface area (Å²) in [6, 6.07) is 16.3. The molecule has 0 saturated heterocycles. The predicted molar refractivity (Wildman–Crippen MR) is 78.7 cm³/mol. The molecule has 0 aliphatic carbocycles. The highest BCUT2D eigenvalue weighted by Crippen LogP contribution is 2.28. The summed E-state index contributed by atoms with van der Waals surface area (Å²) in [6.45, 7) is 0.619. The molecule has 0 saturated carbocycles. The van der Waals surface area contributed by atoms with Crippen LogP contribution in [0, 0.1) is 0 Å². The second-order valence-electron chi connectivity index (χ2n) is 4.21. The van der Waals surface area contributed by atoms with Crippen molar-refractivity contribution in [2.75, 3.05) is 18.5 Å². The molecular weight excluding hydrogens is 244 g/mol. The quantitative estimate of drug-likeness (QED) is 0.910. The van der Waals surface area contributed by atoms with E-state index in [-0.39, 0.29) is 0 Å². The van der Waals surface area contributed by atoms with Gasteiger partial charge in [-0.2, -0.15) is 0 Å². The molecule has 94 valence electrons. The predicted octanol–water partition coefficient (Wildman–Crippen LogP) is 3.61. The first-order valence-electron chi connectivity index (χ1n) is 5.99. The minimum atomic E-state index is 0.619. The number of hydrogen-bond acceptors (Lipinski definition) is 2. The van der Waals surface area contributed by atoms with E-state index in [2.05, 4.69) is 23.1 Å². The highest BCUT2D eigenvalue weighted by molar-refractivity contribution is 6.31. The first-order valence-corrected chi connectivity index (χ1v) is 6.37. The number of hydrogen-bond donors (Lipinski definition) is 1. The normalized spacial score (nSPS) is 10.4. The third-order valence-electron chi connectivity index (χ3n) is 2.98. The molecule has 0 radical (unpaired) electrons. The Morgan fingerprint density at radius 3 is 2.39 bits per heavy atom. The lowest BCUT2D eigenvalue weighted by Crippen LogP contribution is -2.10. The van der Waals surface area contributed by atoms with Crippen LogP contribution in [-0.2, 0) is 6.42 Å². The third kappa shape index (κ3) is 2.84. The highest BCUT2D eigenvalue weighted by atomic mass is 35.5. The smallest absolute Gasteiger partial charge is 0.0459 e. The molecule has 0 aliphatic rings. The van der Waals surface area contributed by atoms with Crippen LogP contribution in [0.2, 0.25) is 5.02 Å². The lowest BCUT2D eigenvalue weighted by molar-refractivity contribution is 0.968. The Morgan fingerprint density at radius 2 is 1.78 bits per heavy atom. The lowest BCUT2D eigenvalue weighted by atomic mass is 10.1. The Bertz CT molecular complexity index is 511. The van der Waals surface area contributed by atoms with Crippen LogP contribution in [0.15, 0.2) is 48.5 Å². The minimum Gasteiger partial charge on any atom is -0.345 e. The van der Waals surface area contributed by atoms with Gasteiger partial charge in [0.25, 0.3) is 0 Å². The zero-order chi connectivity index (χ0) is 13.0. The van der Waals surface area contributed by atoms with Gasteiger partial charge in [-0.05, 0) is 42.8 Å². The number of benzene rings is 2. The van der Waals surface area contributed by atoms with Crippen LogP contribution < -0.4 is 10.6 Å². The molecular formula is C15H17ClN2. The van der Waals surface area contributed by atoms with Crippen LogP contribution in [0.5, 0.6) is 0 Å². The summed E-state index contributed by atoms with van der Waals surface area (Å²) >= 11 is 6.26. The van der Waals surface area contributed by atoms with Crippen molar-refractivity contribution >= 4 is 23.0 Å². The van der Waals surface area contributed by atoms with Crippen LogP contribution in [0.4, 0.5) is 11.4 Å². The first-order chi connectivity index (χ1) is 8.72. The molecule has 2 nitrogen and oxygen atoms in total. The minimum absolute atomic E-state index is 0.619. The Kier molecular flexibility index (Phi) is 4.24. The van der Waals surface area contributed by atoms with Gasteiger partial charge < -0.3 is 10.6 Å². The fraction of sp³-hybridized carbons (Fsp3) is 0.200. The Balaban J connectivity index is 2.26. The van der Waals surface area contributed by atoms with E-state index in [0.717, 1.165) is 28.4 Å². The van der Waals surface area contributed by atoms with Crippen molar-refractivity contribution < 1.29 is 0 Å². The Hall–Kier alpha value is -1.51. The summed E-state index contributed by atoms with van der Waals surface area (Å²) in [4.78, 5) is 2.11. The molecule has 0 heterocycles. The van der Waals surface area contributed by atoms with E-state index in [1.54, 1.807) is 0 Å². The Labute approximate surface area is 113 Å². The van der Waals surface area contributed by atoms with E-state index < -0.39 is 0 Å². The summed E-state index contributed by atoms with van der Waals surface area (Å²) in [5, 5.41) is 0.778. The van der Waals surface area contributed by atoms with Crippen molar-refractivity contribution in [1.82, 2.24) is 0 Å². The van der Waals surface area contributed by atoms with E-state index in [4.69, 9.17) is 17.3 Å². The molecule has 0 aromatic heterocycles. The summed E-state index contributed by atoms with van der Waals surface area (Å²) in [7, 11) is 2.03.